The van der Waals surface area contributed by atoms with Crippen molar-refractivity contribution in [1.82, 2.24) is 89.0 Å². The lowest BCUT2D eigenvalue weighted by molar-refractivity contribution is -0.143. The maximum atomic E-state index is 15.3. The zero-order valence-electron chi connectivity index (χ0n) is 71.0. The van der Waals surface area contributed by atoms with Crippen LogP contribution in [0.3, 0.4) is 0 Å². The number of carbonyl (C=O) groups excluding carboxylic acids is 15. The number of aliphatic hydroxyl groups is 3. The van der Waals surface area contributed by atoms with Gasteiger partial charge in [-0.1, -0.05) is 133 Å². The van der Waals surface area contributed by atoms with Gasteiger partial charge in [-0.25, -0.2) is 4.98 Å². The number of aliphatic carboxylic acids is 1. The number of amides is 14. The third-order valence-corrected chi connectivity index (χ3v) is 21.6. The van der Waals surface area contributed by atoms with Gasteiger partial charge in [0.1, 0.15) is 72.2 Å². The van der Waals surface area contributed by atoms with Gasteiger partial charge in [0.05, 0.1) is 44.4 Å². The number of para-hydroxylation sites is 1. The summed E-state index contributed by atoms with van der Waals surface area (Å²) in [6, 6.07) is -1.90. The van der Waals surface area contributed by atoms with Gasteiger partial charge in [0, 0.05) is 87.8 Å². The first-order chi connectivity index (χ1) is 60.0. The molecule has 41 nitrogen and oxygen atoms in total. The zero-order valence-corrected chi connectivity index (χ0v) is 71.0. The van der Waals surface area contributed by atoms with Crippen molar-refractivity contribution in [2.45, 2.75) is 272 Å². The number of guanidine groups is 1. The average Bonchev–Trinajstić information content (AvgIpc) is 1.69. The average molecular weight is 1750 g/mol. The van der Waals surface area contributed by atoms with Gasteiger partial charge in [-0.2, -0.15) is 0 Å². The van der Waals surface area contributed by atoms with Crippen molar-refractivity contribution in [2.75, 3.05) is 45.9 Å². The quantitative estimate of drug-likeness (QED) is 0.0126. The number of nitrogens with two attached hydrogens (primary N) is 3. The van der Waals surface area contributed by atoms with E-state index >= 15 is 14.4 Å². The van der Waals surface area contributed by atoms with Gasteiger partial charge in [-0.05, 0) is 87.9 Å². The number of hydrogen-bond donors (Lipinski definition) is 23. The Balaban J connectivity index is 1.18. The standard InChI is InChI=1S/C84H127N21O20/c1-2-3-27-59(98-81(123)67(49-107)104-79(121)65(41-53-44-90-50-94-53)102-76(118)61(35-36-69(85)110)99-80(122)66(48-106)95-71(112)46-93-70(111)31-17-12-10-8-6-4-5-7-9-11-13-18-32-72(113)114)74(116)100-62-34-33-54(108)45-89-37-22-21-29-58(73(86)115)96-78(120)64(40-52-43-92-57-28-20-19-26-56(52)57)101-75(117)60(30-23-38-91-84(87)88)97-77(119)63(39-51-24-15-14-16-25-51)103-82(124)68-42-55(109)47-105(68)83(62)125/h14-16,19-20,24-26,28,43-44,50,55,58-68,89,92,106-107,109H,2-13,17-18,21-23,27,29-42,45-49H2,1H3,(H2,85,110)(H2,86,115)(H,90,94)(H,93,111)(H,95,112)(H,96,120)(H,97,119)(H,98,123)(H,99,122)(H,100,116)(H,101,117)(H,102,118)(H,103,124)(H,104,121)(H,113,114)(H4,87,88,91)/t55-,58+,59+,60+,61?,62+,63-,64+,65+,66+,67+,68+/m1/s1. The van der Waals surface area contributed by atoms with Crippen LogP contribution in [-0.2, 0) is 96.0 Å². The summed E-state index contributed by atoms with van der Waals surface area (Å²) in [6.07, 6.45) is 12.6. The van der Waals surface area contributed by atoms with Gasteiger partial charge in [0.25, 0.3) is 0 Å². The van der Waals surface area contributed by atoms with Crippen LogP contribution in [0, 0.1) is 5.41 Å². The minimum absolute atomic E-state index is 0.0184. The summed E-state index contributed by atoms with van der Waals surface area (Å²) in [6.45, 7) is -1.50. The van der Waals surface area contributed by atoms with Crippen molar-refractivity contribution >= 4 is 111 Å². The smallest absolute Gasteiger partial charge is 0.303 e. The number of Topliss-reactive ketones (excluding diaryl/α,β-unsaturated/α-hetero) is 1. The van der Waals surface area contributed by atoms with Crippen molar-refractivity contribution in [3.63, 3.8) is 0 Å². The highest BCUT2D eigenvalue weighted by Crippen LogP contribution is 2.24. The second kappa shape index (κ2) is 55.3. The molecule has 41 heteroatoms. The number of primary amides is 2. The molecule has 0 saturated carbocycles. The number of nitrogens with one attached hydrogen (secondary N) is 16. The summed E-state index contributed by atoms with van der Waals surface area (Å²) >= 11 is 0. The summed E-state index contributed by atoms with van der Waals surface area (Å²) in [5.74, 6) is -14.9. The molecule has 26 N–H and O–H groups in total. The first-order valence-corrected chi connectivity index (χ1v) is 43.1. The van der Waals surface area contributed by atoms with Gasteiger partial charge in [0.15, 0.2) is 5.96 Å². The van der Waals surface area contributed by atoms with Crippen LogP contribution in [0.25, 0.3) is 10.9 Å². The van der Waals surface area contributed by atoms with E-state index < -0.39 is 232 Å². The fraction of sp³-hybridized carbons (Fsp3) is 0.595. The molecular formula is C84H127N21O20. The highest BCUT2D eigenvalue weighted by Gasteiger charge is 2.44. The lowest BCUT2D eigenvalue weighted by atomic mass is 10.0. The van der Waals surface area contributed by atoms with E-state index in [0.717, 1.165) is 80.0 Å². The molecule has 6 rings (SSSR count). The van der Waals surface area contributed by atoms with E-state index in [2.05, 4.69) is 84.1 Å². The zero-order chi connectivity index (χ0) is 91.2. The van der Waals surface area contributed by atoms with Crippen LogP contribution in [0.2, 0.25) is 0 Å². The maximum absolute atomic E-state index is 15.3. The molecule has 4 heterocycles. The number of aromatic nitrogens is 3. The van der Waals surface area contributed by atoms with E-state index in [1.807, 2.05) is 12.1 Å². The molecule has 0 spiro atoms. The number of imidazole rings is 1. The number of benzene rings is 2. The molecule has 2 aliphatic rings. The minimum atomic E-state index is -1.90. The van der Waals surface area contributed by atoms with Crippen molar-refractivity contribution in [1.29, 1.82) is 5.41 Å². The summed E-state index contributed by atoms with van der Waals surface area (Å²) in [5.41, 5.74) is 18.9. The van der Waals surface area contributed by atoms with Crippen LogP contribution in [0.15, 0.2) is 73.3 Å². The van der Waals surface area contributed by atoms with E-state index in [-0.39, 0.29) is 95.5 Å². The lowest BCUT2D eigenvalue weighted by Gasteiger charge is -2.31. The normalized spacial score (nSPS) is 19.6. The monoisotopic (exact) mass is 1750 g/mol. The first kappa shape index (κ1) is 102. The predicted octanol–water partition coefficient (Wildman–Crippen LogP) is -2.30. The van der Waals surface area contributed by atoms with E-state index in [9.17, 15) is 77.6 Å². The Hall–Kier alpha value is -12.0. The molecule has 125 heavy (non-hydrogen) atoms. The number of nitrogens with zero attached hydrogens (tertiary/aromatic N) is 2. The number of H-pyrrole nitrogens is 2. The molecule has 0 bridgehead atoms. The second-order valence-electron chi connectivity index (χ2n) is 31.6. The van der Waals surface area contributed by atoms with Crippen LogP contribution in [0.1, 0.15) is 197 Å². The molecule has 688 valence electrons. The lowest BCUT2D eigenvalue weighted by Crippen LogP contribution is -2.61. The largest absolute Gasteiger partial charge is 0.481 e. The van der Waals surface area contributed by atoms with Gasteiger partial charge in [-0.3, -0.25) is 82.1 Å². The Bertz CT molecular complexity index is 4210. The number of hydrogen-bond acceptors (Lipinski definition) is 22. The van der Waals surface area contributed by atoms with Crippen LogP contribution in [0.5, 0.6) is 0 Å². The molecule has 2 aliphatic heterocycles. The highest BCUT2D eigenvalue weighted by molar-refractivity contribution is 6.01. The molecule has 4 aromatic rings. The Morgan fingerprint density at radius 1 is 0.592 bits per heavy atom. The second-order valence-corrected chi connectivity index (χ2v) is 31.6. The third kappa shape index (κ3) is 37.2. The highest BCUT2D eigenvalue weighted by atomic mass is 16.4. The van der Waals surface area contributed by atoms with E-state index in [1.165, 1.54) is 12.5 Å². The summed E-state index contributed by atoms with van der Waals surface area (Å²) in [4.78, 5) is 233. The molecule has 2 aromatic carbocycles. The summed E-state index contributed by atoms with van der Waals surface area (Å²) in [5, 5.41) is 83.4. The molecule has 1 unspecified atom stereocenters. The third-order valence-electron chi connectivity index (χ3n) is 21.6. The molecule has 0 aliphatic carbocycles. The fourth-order valence-corrected chi connectivity index (χ4v) is 14.6. The van der Waals surface area contributed by atoms with E-state index in [0.29, 0.717) is 36.8 Å². The number of carboxylic acid groups (broad SMARTS) is 1. The van der Waals surface area contributed by atoms with Crippen molar-refractivity contribution < 1.29 is 97.1 Å². The number of ketones is 1. The van der Waals surface area contributed by atoms with Gasteiger partial charge in [0.2, 0.25) is 82.7 Å². The molecular weight excluding hydrogens is 1620 g/mol. The molecule has 2 fully saturated rings. The van der Waals surface area contributed by atoms with Crippen LogP contribution in [0.4, 0.5) is 0 Å². The van der Waals surface area contributed by atoms with Crippen LogP contribution < -0.4 is 86.3 Å². The number of aliphatic hydroxyl groups excluding tert-OH is 3. The molecule has 2 saturated heterocycles. The Morgan fingerprint density at radius 2 is 1.17 bits per heavy atom. The predicted molar refractivity (Wildman–Crippen MR) is 457 cm³/mol. The summed E-state index contributed by atoms with van der Waals surface area (Å²) in [7, 11) is 0. The molecule has 2 aromatic heterocycles. The first-order valence-electron chi connectivity index (χ1n) is 43.1. The van der Waals surface area contributed by atoms with Crippen LogP contribution in [-0.4, -0.2) is 259 Å². The van der Waals surface area contributed by atoms with Crippen molar-refractivity contribution in [2.24, 2.45) is 17.2 Å². The van der Waals surface area contributed by atoms with Crippen LogP contribution >= 0.6 is 0 Å². The number of carbonyl (C=O) groups is 16. The Morgan fingerprint density at radius 3 is 1.80 bits per heavy atom. The number of aromatic amines is 2. The molecule has 12 atom stereocenters. The number of carboxylic acids is 1. The topological polar surface area (TPSA) is 660 Å². The van der Waals surface area contributed by atoms with E-state index in [1.54, 1.807) is 55.6 Å². The van der Waals surface area contributed by atoms with E-state index in [4.69, 9.17) is 27.7 Å². The van der Waals surface area contributed by atoms with Gasteiger partial charge >= 0.3 is 5.97 Å². The maximum Gasteiger partial charge on any atom is 0.303 e. The van der Waals surface area contributed by atoms with Gasteiger partial charge < -0.3 is 122 Å². The SMILES string of the molecule is CCCC[C@H](NC(=O)[C@H](CO)NC(=O)[C@H](Cc1c[nH]cn1)NC(=O)C(CCC(N)=O)NC(=O)[C@H](CO)NC(=O)CNC(=O)CCCCCCCCCCCCCCC(=O)O)C(=O)N[C@H]1CCC(=O)CNCCCC[C@@H](C(N)=O)NC(=O)[C@H](Cc2c[nH]c3ccccc23)NC(=O)[C@H](CCCNC(=N)N)NC(=O)[C@@H](Cc2ccccc2)NC(=O)[C@@H]2C[C@@H](O)CN2C1=O. The fourth-order valence-electron chi connectivity index (χ4n) is 14.6. The summed E-state index contributed by atoms with van der Waals surface area (Å²) < 4.78 is 0. The Labute approximate surface area is 725 Å². The molecule has 0 radical (unpaired) electrons. The number of fused-ring (bicyclic) bond motifs is 2. The molecule has 14 amide bonds. The van der Waals surface area contributed by atoms with Crippen molar-refractivity contribution in [3.8, 4) is 0 Å². The van der Waals surface area contributed by atoms with Gasteiger partial charge in [-0.15, -0.1) is 0 Å². The minimum Gasteiger partial charge on any atom is -0.481 e. The number of unbranched alkanes of at least 4 members (excludes halogenated alkanes) is 12. The Kier molecular flexibility index (Phi) is 45.0. The van der Waals surface area contributed by atoms with Crippen molar-refractivity contribution in [3.05, 3.63) is 90.1 Å². The number of rotatable bonds is 47.